The third-order valence-electron chi connectivity index (χ3n) is 4.92. The molecular formula is C20H20ClNO3S. The lowest BCUT2D eigenvalue weighted by molar-refractivity contribution is 0.117. The van der Waals surface area contributed by atoms with Gasteiger partial charge in [0.25, 0.3) is 0 Å². The molecule has 136 valence electrons. The Hall–Kier alpha value is -1.87. The molecule has 0 bridgehead atoms. The fourth-order valence-corrected chi connectivity index (χ4v) is 5.92. The summed E-state index contributed by atoms with van der Waals surface area (Å²) in [5.41, 5.74) is 0.849. The van der Waals surface area contributed by atoms with Crippen LogP contribution in [0.15, 0.2) is 53.4 Å². The Balaban J connectivity index is 2.05. The summed E-state index contributed by atoms with van der Waals surface area (Å²) < 4.78 is 32.0. The maximum absolute atomic E-state index is 13.2. The first-order valence-corrected chi connectivity index (χ1v) is 10.3. The van der Waals surface area contributed by atoms with Gasteiger partial charge >= 0.3 is 0 Å². The Labute approximate surface area is 159 Å². The van der Waals surface area contributed by atoms with Gasteiger partial charge in [0.15, 0.2) is 9.84 Å². The zero-order chi connectivity index (χ0) is 18.9. The summed E-state index contributed by atoms with van der Waals surface area (Å²) in [6.07, 6.45) is 0. The zero-order valence-corrected chi connectivity index (χ0v) is 16.2. The molecule has 0 aliphatic heterocycles. The lowest BCUT2D eigenvalue weighted by Crippen LogP contribution is -2.19. The van der Waals surface area contributed by atoms with Crippen LogP contribution in [0.3, 0.4) is 0 Å². The van der Waals surface area contributed by atoms with Crippen molar-refractivity contribution in [1.82, 2.24) is 0 Å². The number of aryl methyl sites for hydroxylation is 1. The van der Waals surface area contributed by atoms with Gasteiger partial charge < -0.3 is 4.74 Å². The maximum Gasteiger partial charge on any atom is 0.183 e. The number of benzene rings is 2. The molecule has 3 atom stereocenters. The van der Waals surface area contributed by atoms with E-state index in [-0.39, 0.29) is 11.5 Å². The minimum Gasteiger partial charge on any atom is -0.380 e. The van der Waals surface area contributed by atoms with Crippen LogP contribution in [0.1, 0.15) is 24.0 Å². The van der Waals surface area contributed by atoms with Crippen LogP contribution in [-0.2, 0) is 14.6 Å². The van der Waals surface area contributed by atoms with Gasteiger partial charge in [0, 0.05) is 17.5 Å². The molecule has 0 saturated heterocycles. The normalized spacial score (nSPS) is 24.8. The van der Waals surface area contributed by atoms with Gasteiger partial charge in [-0.25, -0.2) is 8.42 Å². The molecule has 1 aliphatic rings. The number of halogens is 1. The number of nitrogens with zero attached hydrogens (tertiary/aromatic N) is 1. The largest absolute Gasteiger partial charge is 0.380 e. The first-order valence-electron chi connectivity index (χ1n) is 8.42. The van der Waals surface area contributed by atoms with E-state index in [2.05, 4.69) is 6.07 Å². The van der Waals surface area contributed by atoms with Crippen molar-refractivity contribution in [2.24, 2.45) is 5.41 Å². The molecule has 6 heteroatoms. The quantitative estimate of drug-likeness (QED) is 0.744. The van der Waals surface area contributed by atoms with E-state index >= 15 is 0 Å². The van der Waals surface area contributed by atoms with E-state index in [4.69, 9.17) is 16.3 Å². The van der Waals surface area contributed by atoms with Crippen molar-refractivity contribution in [1.29, 1.82) is 5.26 Å². The minimum atomic E-state index is -3.70. The number of nitriles is 1. The van der Waals surface area contributed by atoms with Crippen LogP contribution in [-0.4, -0.2) is 26.9 Å². The summed E-state index contributed by atoms with van der Waals surface area (Å²) in [5, 5.41) is 9.51. The van der Waals surface area contributed by atoms with Gasteiger partial charge in [0.1, 0.15) is 5.41 Å². The van der Waals surface area contributed by atoms with Gasteiger partial charge in [-0.05, 0) is 43.7 Å². The molecule has 4 nitrogen and oxygen atoms in total. The predicted octanol–water partition coefficient (Wildman–Crippen LogP) is 4.13. The lowest BCUT2D eigenvalue weighted by Gasteiger charge is -2.10. The van der Waals surface area contributed by atoms with Crippen molar-refractivity contribution in [2.75, 3.05) is 13.2 Å². The van der Waals surface area contributed by atoms with Crippen molar-refractivity contribution in [2.45, 2.75) is 29.9 Å². The zero-order valence-electron chi connectivity index (χ0n) is 14.6. The average molecular weight is 390 g/mol. The Morgan fingerprint density at radius 3 is 2.31 bits per heavy atom. The van der Waals surface area contributed by atoms with E-state index in [1.807, 2.05) is 38.1 Å². The van der Waals surface area contributed by atoms with Crippen LogP contribution in [0.2, 0.25) is 5.02 Å². The first kappa shape index (κ1) is 18.9. The summed E-state index contributed by atoms with van der Waals surface area (Å²) >= 11 is 5.88. The van der Waals surface area contributed by atoms with Crippen LogP contribution in [0.4, 0.5) is 0 Å². The van der Waals surface area contributed by atoms with E-state index in [0.29, 0.717) is 11.6 Å². The Kier molecular flexibility index (Phi) is 5.12. The predicted molar refractivity (Wildman–Crippen MR) is 101 cm³/mol. The Morgan fingerprint density at radius 2 is 1.77 bits per heavy atom. The van der Waals surface area contributed by atoms with E-state index < -0.39 is 26.4 Å². The second-order valence-corrected chi connectivity index (χ2v) is 9.10. The standard InChI is InChI=1S/C20H20ClNO3S/c1-3-25-13-20(12-22)18(15-6-4-14(2)5-7-15)19(20)26(23,24)17-10-8-16(21)9-11-17/h4-11,18-19H,3,13H2,1-2H3/t18-,19+,20+/m1/s1. The number of hydrogen-bond acceptors (Lipinski definition) is 4. The monoisotopic (exact) mass is 389 g/mol. The maximum atomic E-state index is 13.2. The van der Waals surface area contributed by atoms with Crippen molar-refractivity contribution in [3.8, 4) is 6.07 Å². The van der Waals surface area contributed by atoms with Crippen LogP contribution >= 0.6 is 11.6 Å². The molecule has 2 aromatic carbocycles. The molecule has 0 unspecified atom stereocenters. The van der Waals surface area contributed by atoms with Gasteiger partial charge in [0.05, 0.1) is 22.8 Å². The highest BCUT2D eigenvalue weighted by molar-refractivity contribution is 7.92. The molecule has 0 spiro atoms. The van der Waals surface area contributed by atoms with Crippen LogP contribution in [0.5, 0.6) is 0 Å². The fraction of sp³-hybridized carbons (Fsp3) is 0.350. The molecule has 0 N–H and O–H groups in total. The fourth-order valence-electron chi connectivity index (χ4n) is 3.49. The molecule has 0 aromatic heterocycles. The molecule has 26 heavy (non-hydrogen) atoms. The third kappa shape index (κ3) is 3.14. The first-order chi connectivity index (χ1) is 12.4. The molecule has 2 aromatic rings. The number of ether oxygens (including phenoxy) is 1. The van der Waals surface area contributed by atoms with Crippen LogP contribution < -0.4 is 0 Å². The number of rotatable bonds is 6. The summed E-state index contributed by atoms with van der Waals surface area (Å²) in [6.45, 7) is 4.32. The van der Waals surface area contributed by atoms with E-state index in [9.17, 15) is 13.7 Å². The lowest BCUT2D eigenvalue weighted by atomic mass is 10.0. The molecule has 3 rings (SSSR count). The van der Waals surface area contributed by atoms with E-state index in [1.54, 1.807) is 12.1 Å². The second-order valence-electron chi connectivity index (χ2n) is 6.60. The molecule has 0 radical (unpaired) electrons. The van der Waals surface area contributed by atoms with Gasteiger partial charge in [-0.3, -0.25) is 0 Å². The molecule has 1 fully saturated rings. The summed E-state index contributed by atoms with van der Waals surface area (Å²) in [4.78, 5) is 0.178. The van der Waals surface area contributed by atoms with Gasteiger partial charge in [-0.15, -0.1) is 0 Å². The number of hydrogen-bond donors (Lipinski definition) is 0. The highest BCUT2D eigenvalue weighted by atomic mass is 35.5. The highest BCUT2D eigenvalue weighted by Gasteiger charge is 2.72. The van der Waals surface area contributed by atoms with Gasteiger partial charge in [-0.2, -0.15) is 5.26 Å². The average Bonchev–Trinajstić information content (AvgIpc) is 3.31. The van der Waals surface area contributed by atoms with Crippen LogP contribution in [0, 0.1) is 23.7 Å². The van der Waals surface area contributed by atoms with Crippen molar-refractivity contribution < 1.29 is 13.2 Å². The molecule has 1 saturated carbocycles. The van der Waals surface area contributed by atoms with Crippen molar-refractivity contribution in [3.05, 3.63) is 64.7 Å². The van der Waals surface area contributed by atoms with Crippen molar-refractivity contribution >= 4 is 21.4 Å². The van der Waals surface area contributed by atoms with Gasteiger partial charge in [-0.1, -0.05) is 41.4 Å². The van der Waals surface area contributed by atoms with E-state index in [1.165, 1.54) is 12.1 Å². The second kappa shape index (κ2) is 7.03. The minimum absolute atomic E-state index is 0.0933. The summed E-state index contributed by atoms with van der Waals surface area (Å²) in [6, 6.07) is 16.0. The third-order valence-corrected chi connectivity index (χ3v) is 7.47. The smallest absolute Gasteiger partial charge is 0.183 e. The topological polar surface area (TPSA) is 67.2 Å². The molecular weight excluding hydrogens is 370 g/mol. The SMILES string of the molecule is CCOC[C@@]1(C#N)[C@H](c2ccc(C)cc2)[C@@H]1S(=O)(=O)c1ccc(Cl)cc1. The van der Waals surface area contributed by atoms with E-state index in [0.717, 1.165) is 11.1 Å². The molecule has 1 aliphatic carbocycles. The van der Waals surface area contributed by atoms with Crippen LogP contribution in [0.25, 0.3) is 0 Å². The summed E-state index contributed by atoms with van der Waals surface area (Å²) in [5.74, 6) is -0.416. The molecule has 0 heterocycles. The van der Waals surface area contributed by atoms with Gasteiger partial charge in [0.2, 0.25) is 0 Å². The highest BCUT2D eigenvalue weighted by Crippen LogP contribution is 2.63. The summed E-state index contributed by atoms with van der Waals surface area (Å²) in [7, 11) is -3.70. The van der Waals surface area contributed by atoms with Crippen molar-refractivity contribution in [3.63, 3.8) is 0 Å². The Bertz CT molecular complexity index is 933. The Morgan fingerprint density at radius 1 is 1.15 bits per heavy atom. The number of sulfone groups is 1. The molecule has 0 amide bonds.